The molecule has 0 saturated heterocycles. The molecule has 3 N–H and O–H groups in total. The largest absolute Gasteiger partial charge is 0.337 e. The van der Waals surface area contributed by atoms with Crippen LogP contribution in [0.4, 0.5) is 21.6 Å². The van der Waals surface area contributed by atoms with E-state index in [4.69, 9.17) is 4.52 Å². The van der Waals surface area contributed by atoms with Crippen LogP contribution in [0.15, 0.2) is 81.0 Å². The molecule has 3 aromatic carbocycles. The number of aryl methyl sites for hydroxylation is 2. The fraction of sp³-hybridized carbons (Fsp3) is 0.120. The first-order chi connectivity index (χ1) is 17.9. The predicted molar refractivity (Wildman–Crippen MR) is 140 cm³/mol. The molecule has 198 valence electrons. The lowest BCUT2D eigenvalue weighted by atomic mass is 10.1. The Morgan fingerprint density at radius 3 is 2.18 bits per heavy atom. The second kappa shape index (κ2) is 10.3. The van der Waals surface area contributed by atoms with Crippen LogP contribution in [0.5, 0.6) is 0 Å². The Bertz CT molecular complexity index is 1730. The summed E-state index contributed by atoms with van der Waals surface area (Å²) in [7, 11) is -8.10. The number of aromatic nitrogens is 1. The number of carbonyl (C=O) groups excluding carboxylic acids is 1. The number of nitrogens with zero attached hydrogens (tertiary/aromatic N) is 1. The predicted octanol–water partition coefficient (Wildman–Crippen LogP) is 4.59. The lowest BCUT2D eigenvalue weighted by Crippen LogP contribution is -2.19. The second-order valence-corrected chi connectivity index (χ2v) is 11.7. The Morgan fingerprint density at radius 2 is 1.55 bits per heavy atom. The third kappa shape index (κ3) is 5.68. The minimum Gasteiger partial charge on any atom is -0.337 e. The van der Waals surface area contributed by atoms with E-state index < -0.39 is 31.8 Å². The van der Waals surface area contributed by atoms with Gasteiger partial charge in [0.05, 0.1) is 26.7 Å². The summed E-state index contributed by atoms with van der Waals surface area (Å²) in [5.41, 5.74) is 1.61. The van der Waals surface area contributed by atoms with Gasteiger partial charge in [0.1, 0.15) is 5.82 Å². The van der Waals surface area contributed by atoms with E-state index in [9.17, 15) is 26.0 Å². The lowest BCUT2D eigenvalue weighted by Gasteiger charge is -2.14. The van der Waals surface area contributed by atoms with Crippen LogP contribution in [-0.4, -0.2) is 27.9 Å². The maximum absolute atomic E-state index is 13.4. The third-order valence-corrected chi connectivity index (χ3v) is 8.52. The fourth-order valence-electron chi connectivity index (χ4n) is 3.49. The SMILES string of the molecule is Cc1cc(F)ccc1S(=O)(=O)Nc1ccccc1C(=O)Nc1ccc(S(=O)(=O)Nc2onc(C)c2C)cc1. The molecule has 0 unspecified atom stereocenters. The van der Waals surface area contributed by atoms with Gasteiger partial charge in [-0.05, 0) is 80.9 Å². The number of hydrogen-bond acceptors (Lipinski definition) is 7. The van der Waals surface area contributed by atoms with Gasteiger partial charge >= 0.3 is 0 Å². The molecule has 1 aromatic heterocycles. The Labute approximate surface area is 219 Å². The Kier molecular flexibility index (Phi) is 7.24. The minimum atomic E-state index is -4.12. The number of benzene rings is 3. The average Bonchev–Trinajstić information content (AvgIpc) is 3.16. The zero-order valence-electron chi connectivity index (χ0n) is 20.4. The molecule has 0 aliphatic rings. The lowest BCUT2D eigenvalue weighted by molar-refractivity contribution is 0.102. The van der Waals surface area contributed by atoms with Crippen molar-refractivity contribution in [2.75, 3.05) is 14.8 Å². The van der Waals surface area contributed by atoms with E-state index in [1.165, 1.54) is 43.3 Å². The molecule has 13 heteroatoms. The molecule has 0 aliphatic carbocycles. The molecule has 0 spiro atoms. The summed E-state index contributed by atoms with van der Waals surface area (Å²) in [6, 6.07) is 14.6. The van der Waals surface area contributed by atoms with Crippen LogP contribution < -0.4 is 14.8 Å². The normalized spacial score (nSPS) is 11.7. The van der Waals surface area contributed by atoms with Crippen LogP contribution in [0.2, 0.25) is 0 Å². The van der Waals surface area contributed by atoms with Crippen LogP contribution in [0, 0.1) is 26.6 Å². The first-order valence-corrected chi connectivity index (χ1v) is 14.1. The maximum atomic E-state index is 13.4. The van der Waals surface area contributed by atoms with Crippen molar-refractivity contribution in [3.63, 3.8) is 0 Å². The number of sulfonamides is 2. The molecular formula is C25H23FN4O6S2. The van der Waals surface area contributed by atoms with Crippen LogP contribution in [0.25, 0.3) is 0 Å². The summed E-state index contributed by atoms with van der Waals surface area (Å²) in [4.78, 5) is 12.8. The van der Waals surface area contributed by atoms with Gasteiger partial charge in [0.2, 0.25) is 5.88 Å². The van der Waals surface area contributed by atoms with Gasteiger partial charge in [-0.25, -0.2) is 25.9 Å². The maximum Gasteiger partial charge on any atom is 0.264 e. The molecule has 0 bridgehead atoms. The monoisotopic (exact) mass is 558 g/mol. The Balaban J connectivity index is 1.52. The number of carbonyl (C=O) groups is 1. The molecule has 38 heavy (non-hydrogen) atoms. The van der Waals surface area contributed by atoms with Gasteiger partial charge in [0, 0.05) is 11.3 Å². The van der Waals surface area contributed by atoms with E-state index in [1.807, 2.05) is 0 Å². The Hall–Kier alpha value is -4.23. The van der Waals surface area contributed by atoms with Crippen molar-refractivity contribution in [2.45, 2.75) is 30.6 Å². The summed E-state index contributed by atoms with van der Waals surface area (Å²) in [5, 5.41) is 6.33. The number of halogens is 1. The molecule has 0 aliphatic heterocycles. The molecule has 0 radical (unpaired) electrons. The molecule has 0 atom stereocenters. The zero-order valence-corrected chi connectivity index (χ0v) is 22.1. The molecule has 10 nitrogen and oxygen atoms in total. The molecule has 0 saturated carbocycles. The van der Waals surface area contributed by atoms with Gasteiger partial charge in [-0.2, -0.15) is 0 Å². The summed E-state index contributed by atoms with van der Waals surface area (Å²) in [6.45, 7) is 4.81. The van der Waals surface area contributed by atoms with E-state index in [2.05, 4.69) is 19.9 Å². The highest BCUT2D eigenvalue weighted by Gasteiger charge is 2.22. The van der Waals surface area contributed by atoms with Crippen molar-refractivity contribution >= 4 is 43.2 Å². The number of nitrogens with one attached hydrogen (secondary N) is 3. The fourth-order valence-corrected chi connectivity index (χ4v) is 5.85. The minimum absolute atomic E-state index is 0.00905. The van der Waals surface area contributed by atoms with E-state index in [0.717, 1.165) is 18.2 Å². The van der Waals surface area contributed by atoms with Gasteiger partial charge in [0.15, 0.2) is 0 Å². The standard InChI is InChI=1S/C25H23FN4O6S2/c1-15-14-18(26)8-13-23(15)38(34,35)29-22-7-5-4-6-21(22)24(31)27-19-9-11-20(12-10-19)37(32,33)30-25-16(2)17(3)28-36-25/h4-14,29-30H,1-3H3,(H,27,31). The highest BCUT2D eigenvalue weighted by molar-refractivity contribution is 7.93. The summed E-state index contributed by atoms with van der Waals surface area (Å²) in [6.07, 6.45) is 0. The first-order valence-electron chi connectivity index (χ1n) is 11.1. The molecular weight excluding hydrogens is 535 g/mol. The number of hydrogen-bond donors (Lipinski definition) is 3. The molecule has 4 aromatic rings. The van der Waals surface area contributed by atoms with Crippen LogP contribution in [0.3, 0.4) is 0 Å². The van der Waals surface area contributed by atoms with Gasteiger partial charge in [-0.15, -0.1) is 0 Å². The second-order valence-electron chi connectivity index (χ2n) is 8.37. The molecule has 4 rings (SSSR count). The van der Waals surface area contributed by atoms with Crippen molar-refractivity contribution in [1.29, 1.82) is 0 Å². The summed E-state index contributed by atoms with van der Waals surface area (Å²) < 4.78 is 74.3. The molecule has 1 heterocycles. The number of anilines is 3. The van der Waals surface area contributed by atoms with Crippen LogP contribution in [-0.2, 0) is 20.0 Å². The number of amides is 1. The van der Waals surface area contributed by atoms with Crippen molar-refractivity contribution in [2.24, 2.45) is 0 Å². The molecule has 1 amide bonds. The third-order valence-electron chi connectivity index (χ3n) is 5.65. The van der Waals surface area contributed by atoms with E-state index in [1.54, 1.807) is 26.0 Å². The van der Waals surface area contributed by atoms with Gasteiger partial charge in [-0.3, -0.25) is 9.52 Å². The average molecular weight is 559 g/mol. The smallest absolute Gasteiger partial charge is 0.264 e. The van der Waals surface area contributed by atoms with Crippen molar-refractivity contribution < 1.29 is 30.5 Å². The zero-order chi connectivity index (χ0) is 27.7. The highest BCUT2D eigenvalue weighted by Crippen LogP contribution is 2.25. The van der Waals surface area contributed by atoms with E-state index >= 15 is 0 Å². The van der Waals surface area contributed by atoms with E-state index in [-0.39, 0.29) is 38.2 Å². The topological polar surface area (TPSA) is 147 Å². The Morgan fingerprint density at radius 1 is 0.868 bits per heavy atom. The van der Waals surface area contributed by atoms with E-state index in [0.29, 0.717) is 11.3 Å². The quantitative estimate of drug-likeness (QED) is 0.286. The number of para-hydroxylation sites is 1. The van der Waals surface area contributed by atoms with Crippen LogP contribution >= 0.6 is 0 Å². The number of rotatable bonds is 8. The molecule has 0 fully saturated rings. The van der Waals surface area contributed by atoms with Gasteiger partial charge in [-0.1, -0.05) is 17.3 Å². The van der Waals surface area contributed by atoms with Crippen molar-refractivity contribution in [3.8, 4) is 0 Å². The highest BCUT2D eigenvalue weighted by atomic mass is 32.2. The summed E-state index contributed by atoms with van der Waals surface area (Å²) in [5.74, 6) is -1.20. The first kappa shape index (κ1) is 26.8. The summed E-state index contributed by atoms with van der Waals surface area (Å²) >= 11 is 0. The van der Waals surface area contributed by atoms with Gasteiger partial charge < -0.3 is 9.84 Å². The van der Waals surface area contributed by atoms with Crippen LogP contribution in [0.1, 0.15) is 27.2 Å². The van der Waals surface area contributed by atoms with Crippen molar-refractivity contribution in [1.82, 2.24) is 5.16 Å². The van der Waals surface area contributed by atoms with Gasteiger partial charge in [0.25, 0.3) is 26.0 Å². The van der Waals surface area contributed by atoms with Crippen molar-refractivity contribution in [3.05, 3.63) is 94.9 Å².